The molecule has 4 heteroatoms. The zero-order chi connectivity index (χ0) is 12.3. The fraction of sp³-hybridized carbons (Fsp3) is 0. The van der Waals surface area contributed by atoms with Crippen LogP contribution in [-0.4, -0.2) is 5.37 Å². The Hall–Kier alpha value is -1.87. The number of benzene rings is 2. The Morgan fingerprint density at radius 1 is 1.00 bits per heavy atom. The van der Waals surface area contributed by atoms with E-state index in [2.05, 4.69) is 0 Å². The lowest BCUT2D eigenvalue weighted by Gasteiger charge is -2.19. The van der Waals surface area contributed by atoms with Crippen molar-refractivity contribution in [1.82, 2.24) is 0 Å². The average Bonchev–Trinajstić information content (AvgIpc) is 2.30. The number of carbonyl (C=O) groups excluding carboxylic acids is 1. The minimum atomic E-state index is -0.679. The van der Waals surface area contributed by atoms with Gasteiger partial charge in [0.2, 0.25) is 0 Å². The summed E-state index contributed by atoms with van der Waals surface area (Å²) in [6.07, 6.45) is 0. The lowest BCUT2D eigenvalue weighted by molar-refractivity contribution is 0.266. The first-order valence-electron chi connectivity index (χ1n) is 4.98. The van der Waals surface area contributed by atoms with Gasteiger partial charge >= 0.3 is 5.37 Å². The van der Waals surface area contributed by atoms with E-state index in [1.165, 1.54) is 23.1 Å². The Morgan fingerprint density at radius 2 is 1.65 bits per heavy atom. The average molecular weight is 250 g/mol. The Kier molecular flexibility index (Phi) is 3.40. The highest BCUT2D eigenvalue weighted by Crippen LogP contribution is 2.27. The van der Waals surface area contributed by atoms with E-state index in [9.17, 15) is 9.18 Å². The Morgan fingerprint density at radius 3 is 2.24 bits per heavy atom. The van der Waals surface area contributed by atoms with E-state index in [1.807, 2.05) is 6.07 Å². The van der Waals surface area contributed by atoms with Crippen molar-refractivity contribution in [3.8, 4) is 0 Å². The topological polar surface area (TPSA) is 20.3 Å². The number of halogens is 2. The Balaban J connectivity index is 2.47. The van der Waals surface area contributed by atoms with Gasteiger partial charge in [-0.05, 0) is 41.9 Å². The van der Waals surface area contributed by atoms with Gasteiger partial charge in [0.1, 0.15) is 5.82 Å². The van der Waals surface area contributed by atoms with Crippen molar-refractivity contribution in [2.45, 2.75) is 0 Å². The zero-order valence-electron chi connectivity index (χ0n) is 8.81. The molecule has 0 aliphatic heterocycles. The van der Waals surface area contributed by atoms with Gasteiger partial charge in [0.15, 0.2) is 0 Å². The summed E-state index contributed by atoms with van der Waals surface area (Å²) in [5.74, 6) is -0.415. The molecule has 0 aromatic heterocycles. The van der Waals surface area contributed by atoms with Crippen LogP contribution in [0.3, 0.4) is 0 Å². The van der Waals surface area contributed by atoms with Crippen LogP contribution in [0.15, 0.2) is 54.6 Å². The maximum Gasteiger partial charge on any atom is 0.325 e. The van der Waals surface area contributed by atoms with E-state index in [4.69, 9.17) is 11.6 Å². The van der Waals surface area contributed by atoms with E-state index in [-0.39, 0.29) is 0 Å². The number of hydrogen-bond donors (Lipinski definition) is 0. The molecule has 0 bridgehead atoms. The lowest BCUT2D eigenvalue weighted by Crippen LogP contribution is -2.19. The van der Waals surface area contributed by atoms with Gasteiger partial charge in [-0.25, -0.2) is 4.39 Å². The van der Waals surface area contributed by atoms with E-state index < -0.39 is 11.2 Å². The van der Waals surface area contributed by atoms with E-state index in [0.717, 1.165) is 0 Å². The second-order valence-corrected chi connectivity index (χ2v) is 3.73. The van der Waals surface area contributed by atoms with Gasteiger partial charge in [0.25, 0.3) is 0 Å². The molecule has 2 aromatic rings. The molecule has 0 N–H and O–H groups in total. The fourth-order valence-electron chi connectivity index (χ4n) is 1.54. The summed E-state index contributed by atoms with van der Waals surface area (Å²) in [4.78, 5) is 12.7. The van der Waals surface area contributed by atoms with E-state index >= 15 is 0 Å². The third-order valence-electron chi connectivity index (χ3n) is 2.26. The van der Waals surface area contributed by atoms with Crippen molar-refractivity contribution >= 4 is 28.3 Å². The number of nitrogens with zero attached hydrogens (tertiary/aromatic N) is 1. The quantitative estimate of drug-likeness (QED) is 0.573. The third kappa shape index (κ3) is 2.63. The van der Waals surface area contributed by atoms with Crippen LogP contribution >= 0.6 is 11.6 Å². The minimum Gasteiger partial charge on any atom is -0.267 e. The van der Waals surface area contributed by atoms with E-state index in [0.29, 0.717) is 11.4 Å². The number of rotatable bonds is 2. The third-order valence-corrected chi connectivity index (χ3v) is 2.43. The highest BCUT2D eigenvalue weighted by atomic mass is 35.5. The monoisotopic (exact) mass is 249 g/mol. The van der Waals surface area contributed by atoms with Gasteiger partial charge < -0.3 is 0 Å². The van der Waals surface area contributed by atoms with Crippen molar-refractivity contribution in [3.63, 3.8) is 0 Å². The number of hydrogen-bond acceptors (Lipinski definition) is 1. The minimum absolute atomic E-state index is 0.399. The summed E-state index contributed by atoms with van der Waals surface area (Å²) in [5, 5.41) is -0.679. The lowest BCUT2D eigenvalue weighted by atomic mass is 10.2. The molecule has 0 saturated carbocycles. The maximum absolute atomic E-state index is 13.1. The van der Waals surface area contributed by atoms with Crippen LogP contribution in [-0.2, 0) is 0 Å². The molecule has 2 nitrogen and oxygen atoms in total. The smallest absolute Gasteiger partial charge is 0.267 e. The van der Waals surface area contributed by atoms with Crippen molar-refractivity contribution in [1.29, 1.82) is 0 Å². The van der Waals surface area contributed by atoms with Gasteiger partial charge in [-0.2, -0.15) is 0 Å². The van der Waals surface area contributed by atoms with Crippen LogP contribution in [0.1, 0.15) is 0 Å². The van der Waals surface area contributed by atoms with Gasteiger partial charge in [-0.1, -0.05) is 24.3 Å². The molecule has 0 radical (unpaired) electrons. The van der Waals surface area contributed by atoms with E-state index in [1.54, 1.807) is 30.3 Å². The first-order valence-corrected chi connectivity index (χ1v) is 5.36. The summed E-state index contributed by atoms with van der Waals surface area (Å²) in [5.41, 5.74) is 0.995. The Labute approximate surface area is 103 Å². The predicted molar refractivity (Wildman–Crippen MR) is 66.2 cm³/mol. The van der Waals surface area contributed by atoms with Crippen molar-refractivity contribution in [2.75, 3.05) is 4.90 Å². The molecule has 0 aliphatic carbocycles. The molecule has 1 amide bonds. The van der Waals surface area contributed by atoms with Crippen molar-refractivity contribution < 1.29 is 9.18 Å². The van der Waals surface area contributed by atoms with Gasteiger partial charge in [0, 0.05) is 0 Å². The molecule has 0 heterocycles. The predicted octanol–water partition coefficient (Wildman–Crippen LogP) is 4.32. The number of anilines is 2. The first-order chi connectivity index (χ1) is 8.18. The molecular formula is C13H9ClFNO. The van der Waals surface area contributed by atoms with Crippen LogP contribution < -0.4 is 4.90 Å². The number of amides is 1. The van der Waals surface area contributed by atoms with Crippen molar-refractivity contribution in [2.24, 2.45) is 0 Å². The van der Waals surface area contributed by atoms with Crippen LogP contribution in [0, 0.1) is 5.82 Å². The molecule has 0 saturated heterocycles. The molecule has 2 rings (SSSR count). The molecule has 0 fully saturated rings. The van der Waals surface area contributed by atoms with Crippen LogP contribution in [0.2, 0.25) is 0 Å². The van der Waals surface area contributed by atoms with Gasteiger partial charge in [0.05, 0.1) is 11.4 Å². The molecular weight excluding hydrogens is 241 g/mol. The summed E-state index contributed by atoms with van der Waals surface area (Å²) in [6, 6.07) is 14.6. The number of carbonyl (C=O) groups is 1. The zero-order valence-corrected chi connectivity index (χ0v) is 9.56. The van der Waals surface area contributed by atoms with Crippen molar-refractivity contribution in [3.05, 3.63) is 60.4 Å². The summed E-state index contributed by atoms with van der Waals surface area (Å²) in [6.45, 7) is 0. The summed E-state index contributed by atoms with van der Waals surface area (Å²) >= 11 is 5.53. The van der Waals surface area contributed by atoms with Crippen LogP contribution in [0.5, 0.6) is 0 Å². The standard InChI is InChI=1S/C13H9ClFNO/c14-13(17)16(11-6-2-1-3-7-11)12-8-4-5-10(15)9-12/h1-9H. The van der Waals surface area contributed by atoms with Crippen LogP contribution in [0.4, 0.5) is 20.6 Å². The molecule has 17 heavy (non-hydrogen) atoms. The fourth-order valence-corrected chi connectivity index (χ4v) is 1.74. The molecule has 2 aromatic carbocycles. The summed E-state index contributed by atoms with van der Waals surface area (Å²) < 4.78 is 13.1. The largest absolute Gasteiger partial charge is 0.325 e. The Bertz CT molecular complexity index is 530. The molecule has 0 unspecified atom stereocenters. The summed E-state index contributed by atoms with van der Waals surface area (Å²) in [7, 11) is 0. The second kappa shape index (κ2) is 4.97. The highest BCUT2D eigenvalue weighted by Gasteiger charge is 2.15. The normalized spacial score (nSPS) is 10.0. The molecule has 0 atom stereocenters. The first kappa shape index (κ1) is 11.6. The molecule has 86 valence electrons. The van der Waals surface area contributed by atoms with Crippen LogP contribution in [0.25, 0.3) is 0 Å². The van der Waals surface area contributed by atoms with Gasteiger partial charge in [-0.3, -0.25) is 9.69 Å². The maximum atomic E-state index is 13.1. The van der Waals surface area contributed by atoms with Gasteiger partial charge in [-0.15, -0.1) is 0 Å². The second-order valence-electron chi connectivity index (χ2n) is 3.40. The number of para-hydroxylation sites is 1. The SMILES string of the molecule is O=C(Cl)N(c1ccccc1)c1cccc(F)c1. The molecule has 0 spiro atoms. The molecule has 0 aliphatic rings. The highest BCUT2D eigenvalue weighted by molar-refractivity contribution is 6.66.